The molecule has 0 amide bonds. The Morgan fingerprint density at radius 3 is 2.07 bits per heavy atom. The molecular weight excluding hydrogens is 208 g/mol. The van der Waals surface area contributed by atoms with Gasteiger partial charge in [0.25, 0.3) is 10.2 Å². The molecule has 0 bridgehead atoms. The second-order valence-corrected chi connectivity index (χ2v) is 5.55. The summed E-state index contributed by atoms with van der Waals surface area (Å²) in [5.74, 6) is 0. The van der Waals surface area contributed by atoms with Gasteiger partial charge < -0.3 is 10.2 Å². The van der Waals surface area contributed by atoms with Crippen molar-refractivity contribution in [2.75, 3.05) is 13.1 Å². The third-order valence-electron chi connectivity index (χ3n) is 2.46. The second-order valence-electron chi connectivity index (χ2n) is 3.85. The smallest absolute Gasteiger partial charge is 0.279 e. The highest BCUT2D eigenvalue weighted by atomic mass is 32.2. The molecule has 0 spiro atoms. The second kappa shape index (κ2) is 3.42. The SMILES string of the molecule is O=S(=O)(NC1CC1)N1CC(O)C(O)C1. The molecule has 1 saturated carbocycles. The van der Waals surface area contributed by atoms with Gasteiger partial charge in [-0.1, -0.05) is 0 Å². The van der Waals surface area contributed by atoms with Crippen molar-refractivity contribution in [1.29, 1.82) is 0 Å². The molecule has 0 aromatic carbocycles. The van der Waals surface area contributed by atoms with E-state index in [0.29, 0.717) is 0 Å². The van der Waals surface area contributed by atoms with Crippen molar-refractivity contribution in [2.24, 2.45) is 0 Å². The fourth-order valence-corrected chi connectivity index (χ4v) is 2.92. The molecule has 14 heavy (non-hydrogen) atoms. The number of nitrogens with zero attached hydrogens (tertiary/aromatic N) is 1. The number of aliphatic hydroxyl groups excluding tert-OH is 2. The molecule has 2 rings (SSSR count). The average Bonchev–Trinajstić information content (AvgIpc) is 2.79. The van der Waals surface area contributed by atoms with Crippen LogP contribution in [0, 0.1) is 0 Å². The molecule has 2 fully saturated rings. The predicted molar refractivity (Wildman–Crippen MR) is 48.7 cm³/mol. The van der Waals surface area contributed by atoms with E-state index in [9.17, 15) is 18.6 Å². The molecular formula is C7H14N2O4S. The first-order valence-corrected chi connectivity index (χ1v) is 6.06. The molecule has 6 nitrogen and oxygen atoms in total. The monoisotopic (exact) mass is 222 g/mol. The topological polar surface area (TPSA) is 89.9 Å². The van der Waals surface area contributed by atoms with Crippen LogP contribution in [0.2, 0.25) is 0 Å². The highest BCUT2D eigenvalue weighted by molar-refractivity contribution is 7.87. The molecule has 1 heterocycles. The zero-order valence-electron chi connectivity index (χ0n) is 7.63. The van der Waals surface area contributed by atoms with Gasteiger partial charge in [0.1, 0.15) is 0 Å². The molecule has 0 radical (unpaired) electrons. The number of rotatable bonds is 3. The average molecular weight is 222 g/mol. The van der Waals surface area contributed by atoms with Crippen molar-refractivity contribution in [1.82, 2.24) is 9.03 Å². The molecule has 7 heteroatoms. The predicted octanol–water partition coefficient (Wildman–Crippen LogP) is -1.98. The summed E-state index contributed by atoms with van der Waals surface area (Å²) in [6.45, 7) is -0.0492. The van der Waals surface area contributed by atoms with E-state index in [2.05, 4.69) is 4.72 Å². The zero-order chi connectivity index (χ0) is 10.3. The largest absolute Gasteiger partial charge is 0.389 e. The maximum atomic E-state index is 11.6. The van der Waals surface area contributed by atoms with Crippen LogP contribution in [0.15, 0.2) is 0 Å². The van der Waals surface area contributed by atoms with E-state index in [4.69, 9.17) is 0 Å². The Bertz CT molecular complexity index is 304. The maximum absolute atomic E-state index is 11.6. The molecule has 2 unspecified atom stereocenters. The summed E-state index contributed by atoms with van der Waals surface area (Å²) in [5, 5.41) is 18.4. The van der Waals surface area contributed by atoms with Crippen molar-refractivity contribution in [2.45, 2.75) is 31.1 Å². The van der Waals surface area contributed by atoms with E-state index in [-0.39, 0.29) is 19.1 Å². The van der Waals surface area contributed by atoms with E-state index < -0.39 is 22.4 Å². The maximum Gasteiger partial charge on any atom is 0.279 e. The van der Waals surface area contributed by atoms with Gasteiger partial charge in [0.05, 0.1) is 12.2 Å². The first kappa shape index (κ1) is 10.3. The van der Waals surface area contributed by atoms with Crippen molar-refractivity contribution in [3.8, 4) is 0 Å². The Labute approximate surface area is 82.7 Å². The van der Waals surface area contributed by atoms with E-state index in [1.165, 1.54) is 0 Å². The number of hydrogen-bond acceptors (Lipinski definition) is 4. The van der Waals surface area contributed by atoms with E-state index in [0.717, 1.165) is 17.1 Å². The molecule has 2 aliphatic rings. The van der Waals surface area contributed by atoms with Gasteiger partial charge in [-0.3, -0.25) is 0 Å². The van der Waals surface area contributed by atoms with Gasteiger partial charge in [0.15, 0.2) is 0 Å². The Morgan fingerprint density at radius 2 is 1.64 bits per heavy atom. The summed E-state index contributed by atoms with van der Waals surface area (Å²) in [6.07, 6.45) is -0.187. The molecule has 1 aliphatic heterocycles. The first-order chi connectivity index (χ1) is 6.49. The van der Waals surface area contributed by atoms with E-state index in [1.54, 1.807) is 0 Å². The lowest BCUT2D eigenvalue weighted by Crippen LogP contribution is -2.41. The Morgan fingerprint density at radius 1 is 1.14 bits per heavy atom. The Hall–Kier alpha value is -0.210. The van der Waals surface area contributed by atoms with E-state index in [1.807, 2.05) is 0 Å². The number of nitrogens with one attached hydrogen (secondary N) is 1. The first-order valence-electron chi connectivity index (χ1n) is 4.62. The zero-order valence-corrected chi connectivity index (χ0v) is 8.44. The minimum absolute atomic E-state index is 0.0246. The summed E-state index contributed by atoms with van der Waals surface area (Å²) in [6, 6.07) is 0.0508. The molecule has 3 N–H and O–H groups in total. The lowest BCUT2D eigenvalue weighted by Gasteiger charge is -2.15. The number of aliphatic hydroxyl groups is 2. The summed E-state index contributed by atoms with van der Waals surface area (Å²) in [5.41, 5.74) is 0. The van der Waals surface area contributed by atoms with Gasteiger partial charge >= 0.3 is 0 Å². The van der Waals surface area contributed by atoms with Crippen LogP contribution in [-0.4, -0.2) is 54.3 Å². The number of hydrogen-bond donors (Lipinski definition) is 3. The summed E-state index contributed by atoms with van der Waals surface area (Å²) < 4.78 is 26.7. The van der Waals surface area contributed by atoms with Gasteiger partial charge in [0.2, 0.25) is 0 Å². The Kier molecular flexibility index (Phi) is 2.52. The van der Waals surface area contributed by atoms with Crippen LogP contribution in [0.5, 0.6) is 0 Å². The quantitative estimate of drug-likeness (QED) is 0.516. The molecule has 2 atom stereocenters. The molecule has 1 saturated heterocycles. The van der Waals surface area contributed by atoms with Gasteiger partial charge in [-0.2, -0.15) is 17.4 Å². The number of β-amino-alcohol motifs (C(OH)–C–C–N with tert-alkyl or cyclic N) is 2. The molecule has 1 aliphatic carbocycles. The van der Waals surface area contributed by atoms with Crippen LogP contribution in [-0.2, 0) is 10.2 Å². The fraction of sp³-hybridized carbons (Fsp3) is 1.00. The van der Waals surface area contributed by atoms with Crippen LogP contribution < -0.4 is 4.72 Å². The summed E-state index contributed by atoms with van der Waals surface area (Å²) in [4.78, 5) is 0. The molecule has 0 aromatic rings. The summed E-state index contributed by atoms with van der Waals surface area (Å²) >= 11 is 0. The van der Waals surface area contributed by atoms with Crippen molar-refractivity contribution < 1.29 is 18.6 Å². The van der Waals surface area contributed by atoms with E-state index >= 15 is 0 Å². The van der Waals surface area contributed by atoms with Crippen LogP contribution >= 0.6 is 0 Å². The standard InChI is InChI=1S/C7H14N2O4S/c10-6-3-9(4-7(6)11)14(12,13)8-5-1-2-5/h5-8,10-11H,1-4H2. The highest BCUT2D eigenvalue weighted by Crippen LogP contribution is 2.22. The van der Waals surface area contributed by atoms with Crippen molar-refractivity contribution in [3.05, 3.63) is 0 Å². The van der Waals surface area contributed by atoms with Gasteiger partial charge in [0, 0.05) is 19.1 Å². The highest BCUT2D eigenvalue weighted by Gasteiger charge is 2.39. The minimum Gasteiger partial charge on any atom is -0.389 e. The van der Waals surface area contributed by atoms with Crippen LogP contribution in [0.1, 0.15) is 12.8 Å². The lowest BCUT2D eigenvalue weighted by molar-refractivity contribution is 0.0572. The van der Waals surface area contributed by atoms with Gasteiger partial charge in [-0.15, -0.1) is 0 Å². The molecule has 0 aromatic heterocycles. The van der Waals surface area contributed by atoms with Gasteiger partial charge in [-0.25, -0.2) is 0 Å². The van der Waals surface area contributed by atoms with Crippen LogP contribution in [0.3, 0.4) is 0 Å². The normalized spacial score (nSPS) is 35.0. The summed E-state index contributed by atoms with van der Waals surface area (Å²) in [7, 11) is -3.50. The van der Waals surface area contributed by atoms with Crippen molar-refractivity contribution >= 4 is 10.2 Å². The van der Waals surface area contributed by atoms with Crippen LogP contribution in [0.25, 0.3) is 0 Å². The third-order valence-corrected chi connectivity index (χ3v) is 4.07. The van der Waals surface area contributed by atoms with Gasteiger partial charge in [-0.05, 0) is 12.8 Å². The Balaban J connectivity index is 2.00. The molecule has 82 valence electrons. The lowest BCUT2D eigenvalue weighted by atomic mass is 10.3. The van der Waals surface area contributed by atoms with Crippen LogP contribution in [0.4, 0.5) is 0 Å². The fourth-order valence-electron chi connectivity index (χ4n) is 1.42. The van der Waals surface area contributed by atoms with Crippen molar-refractivity contribution in [3.63, 3.8) is 0 Å². The third kappa shape index (κ3) is 2.06. The minimum atomic E-state index is -3.50.